The molecule has 0 amide bonds. The normalized spacial score (nSPS) is 10.9. The van der Waals surface area contributed by atoms with Crippen molar-refractivity contribution in [2.75, 3.05) is 19.5 Å². The highest BCUT2D eigenvalue weighted by Gasteiger charge is 2.07. The quantitative estimate of drug-likeness (QED) is 0.739. The van der Waals surface area contributed by atoms with Crippen LogP contribution in [0, 0.1) is 0 Å². The fraction of sp³-hybridized carbons (Fsp3) is 0.400. The van der Waals surface area contributed by atoms with Crippen molar-refractivity contribution in [3.8, 4) is 0 Å². The largest absolute Gasteiger partial charge is 0.301 e. The van der Waals surface area contributed by atoms with Gasteiger partial charge in [-0.05, 0) is 19.2 Å². The molecule has 1 aromatic carbocycles. The van der Waals surface area contributed by atoms with Crippen LogP contribution in [0.4, 0.5) is 0 Å². The number of alkyl halides is 1. The molecule has 0 spiro atoms. The van der Waals surface area contributed by atoms with E-state index in [2.05, 4.69) is 4.90 Å². The van der Waals surface area contributed by atoms with Crippen LogP contribution in [0.1, 0.15) is 5.56 Å². The smallest absolute Gasteiger partial charge is 0.0465 e. The van der Waals surface area contributed by atoms with Crippen LogP contribution < -0.4 is 0 Å². The first-order chi connectivity index (χ1) is 6.65. The van der Waals surface area contributed by atoms with Gasteiger partial charge in [0.25, 0.3) is 0 Å². The van der Waals surface area contributed by atoms with E-state index in [0.717, 1.165) is 18.7 Å². The van der Waals surface area contributed by atoms with Gasteiger partial charge in [0, 0.05) is 34.6 Å². The monoisotopic (exact) mass is 251 g/mol. The van der Waals surface area contributed by atoms with Crippen molar-refractivity contribution in [1.82, 2.24) is 4.90 Å². The number of rotatable bonds is 4. The third-order valence-electron chi connectivity index (χ3n) is 1.96. The molecule has 0 aromatic heterocycles. The van der Waals surface area contributed by atoms with Crippen molar-refractivity contribution in [2.45, 2.75) is 6.54 Å². The first-order valence-electron chi connectivity index (χ1n) is 4.32. The van der Waals surface area contributed by atoms with Gasteiger partial charge in [-0.3, -0.25) is 0 Å². The Kier molecular flexibility index (Phi) is 5.04. The number of halogens is 3. The van der Waals surface area contributed by atoms with Crippen LogP contribution in [0.3, 0.4) is 0 Å². The molecule has 0 atom stereocenters. The second kappa shape index (κ2) is 5.82. The minimum Gasteiger partial charge on any atom is -0.301 e. The molecule has 1 rings (SSSR count). The summed E-state index contributed by atoms with van der Waals surface area (Å²) in [5.41, 5.74) is 0.962. The van der Waals surface area contributed by atoms with Crippen molar-refractivity contribution >= 4 is 34.8 Å². The zero-order valence-corrected chi connectivity index (χ0v) is 10.2. The minimum atomic E-state index is 0.610. The SMILES string of the molecule is CN(CCCl)Cc1c(Cl)cccc1Cl. The van der Waals surface area contributed by atoms with Crippen molar-refractivity contribution in [3.63, 3.8) is 0 Å². The standard InChI is InChI=1S/C10H12Cl3N/c1-14(6-5-11)7-8-9(12)3-2-4-10(8)13/h2-4H,5-7H2,1H3. The molecule has 0 radical (unpaired) electrons. The van der Waals surface area contributed by atoms with E-state index in [-0.39, 0.29) is 0 Å². The van der Waals surface area contributed by atoms with Gasteiger partial charge in [0.1, 0.15) is 0 Å². The van der Waals surface area contributed by atoms with Crippen LogP contribution in [0.15, 0.2) is 18.2 Å². The lowest BCUT2D eigenvalue weighted by Gasteiger charge is -2.16. The number of benzene rings is 1. The Hall–Kier alpha value is 0.0500. The molecule has 78 valence electrons. The first-order valence-corrected chi connectivity index (χ1v) is 5.61. The van der Waals surface area contributed by atoms with Crippen LogP contribution in [0.25, 0.3) is 0 Å². The molecule has 0 saturated carbocycles. The lowest BCUT2D eigenvalue weighted by Crippen LogP contribution is -2.20. The lowest BCUT2D eigenvalue weighted by molar-refractivity contribution is 0.348. The summed E-state index contributed by atoms with van der Waals surface area (Å²) in [6.45, 7) is 1.55. The molecule has 0 bridgehead atoms. The van der Waals surface area contributed by atoms with Gasteiger partial charge in [-0.2, -0.15) is 0 Å². The van der Waals surface area contributed by atoms with Gasteiger partial charge >= 0.3 is 0 Å². The lowest BCUT2D eigenvalue weighted by atomic mass is 10.2. The Morgan fingerprint density at radius 3 is 2.29 bits per heavy atom. The topological polar surface area (TPSA) is 3.24 Å². The predicted octanol–water partition coefficient (Wildman–Crippen LogP) is 3.66. The number of hydrogen-bond acceptors (Lipinski definition) is 1. The third kappa shape index (κ3) is 3.32. The summed E-state index contributed by atoms with van der Waals surface area (Å²) < 4.78 is 0. The summed E-state index contributed by atoms with van der Waals surface area (Å²) >= 11 is 17.7. The minimum absolute atomic E-state index is 0.610. The molecule has 0 saturated heterocycles. The second-order valence-corrected chi connectivity index (χ2v) is 4.32. The molecule has 0 aliphatic rings. The van der Waals surface area contributed by atoms with E-state index in [4.69, 9.17) is 34.8 Å². The number of nitrogens with zero attached hydrogens (tertiary/aromatic N) is 1. The van der Waals surface area contributed by atoms with Gasteiger partial charge in [-0.15, -0.1) is 11.6 Å². The molecule has 4 heteroatoms. The van der Waals surface area contributed by atoms with Gasteiger partial charge in [-0.25, -0.2) is 0 Å². The molecule has 0 aliphatic heterocycles. The molecule has 14 heavy (non-hydrogen) atoms. The Balaban J connectivity index is 2.75. The van der Waals surface area contributed by atoms with Crippen LogP contribution >= 0.6 is 34.8 Å². The zero-order valence-electron chi connectivity index (χ0n) is 7.93. The Morgan fingerprint density at radius 1 is 1.21 bits per heavy atom. The van der Waals surface area contributed by atoms with Gasteiger partial charge < -0.3 is 4.90 Å². The van der Waals surface area contributed by atoms with Crippen molar-refractivity contribution in [1.29, 1.82) is 0 Å². The summed E-state index contributed by atoms with van der Waals surface area (Å²) in [4.78, 5) is 2.08. The third-order valence-corrected chi connectivity index (χ3v) is 2.83. The fourth-order valence-electron chi connectivity index (χ4n) is 1.18. The van der Waals surface area contributed by atoms with Crippen molar-refractivity contribution in [2.24, 2.45) is 0 Å². The highest BCUT2D eigenvalue weighted by molar-refractivity contribution is 6.35. The summed E-state index contributed by atoms with van der Waals surface area (Å²) in [6.07, 6.45) is 0. The first kappa shape index (κ1) is 12.1. The number of hydrogen-bond donors (Lipinski definition) is 0. The molecule has 1 aromatic rings. The summed E-state index contributed by atoms with van der Waals surface area (Å²) in [5, 5.41) is 1.41. The molecule has 1 nitrogen and oxygen atoms in total. The predicted molar refractivity (Wildman–Crippen MR) is 63.5 cm³/mol. The van der Waals surface area contributed by atoms with Gasteiger partial charge in [-0.1, -0.05) is 29.3 Å². The van der Waals surface area contributed by atoms with E-state index in [9.17, 15) is 0 Å². The Labute approximate surface area is 99.6 Å². The highest BCUT2D eigenvalue weighted by atomic mass is 35.5. The van der Waals surface area contributed by atoms with E-state index in [1.165, 1.54) is 0 Å². The molecule has 0 unspecified atom stereocenters. The van der Waals surface area contributed by atoms with Gasteiger partial charge in [0.15, 0.2) is 0 Å². The van der Waals surface area contributed by atoms with Crippen LogP contribution in [0.2, 0.25) is 10.0 Å². The molecular formula is C10H12Cl3N. The molecule has 0 fully saturated rings. The maximum absolute atomic E-state index is 6.03. The molecule has 0 heterocycles. The summed E-state index contributed by atoms with van der Waals surface area (Å²) in [7, 11) is 1.99. The van der Waals surface area contributed by atoms with E-state index in [0.29, 0.717) is 15.9 Å². The van der Waals surface area contributed by atoms with E-state index >= 15 is 0 Å². The van der Waals surface area contributed by atoms with Crippen LogP contribution in [-0.2, 0) is 6.54 Å². The maximum atomic E-state index is 6.03. The Morgan fingerprint density at radius 2 is 1.79 bits per heavy atom. The Bertz CT molecular complexity index is 281. The second-order valence-electron chi connectivity index (χ2n) is 3.13. The maximum Gasteiger partial charge on any atom is 0.0465 e. The van der Waals surface area contributed by atoms with Gasteiger partial charge in [0.2, 0.25) is 0 Å². The molecule has 0 N–H and O–H groups in total. The summed E-state index contributed by atoms with van der Waals surface area (Å²) in [5.74, 6) is 0.610. The van der Waals surface area contributed by atoms with Crippen molar-refractivity contribution < 1.29 is 0 Å². The van der Waals surface area contributed by atoms with E-state index in [1.54, 1.807) is 0 Å². The average molecular weight is 253 g/mol. The highest BCUT2D eigenvalue weighted by Crippen LogP contribution is 2.25. The van der Waals surface area contributed by atoms with E-state index < -0.39 is 0 Å². The van der Waals surface area contributed by atoms with E-state index in [1.807, 2.05) is 25.2 Å². The molecule has 0 aliphatic carbocycles. The zero-order chi connectivity index (χ0) is 10.6. The summed E-state index contributed by atoms with van der Waals surface area (Å²) in [6, 6.07) is 5.53. The van der Waals surface area contributed by atoms with Gasteiger partial charge in [0.05, 0.1) is 0 Å². The fourth-order valence-corrected chi connectivity index (χ4v) is 1.98. The van der Waals surface area contributed by atoms with Crippen molar-refractivity contribution in [3.05, 3.63) is 33.8 Å². The average Bonchev–Trinajstić information content (AvgIpc) is 2.12. The van der Waals surface area contributed by atoms with Crippen LogP contribution in [0.5, 0.6) is 0 Å². The van der Waals surface area contributed by atoms with Crippen LogP contribution in [-0.4, -0.2) is 24.4 Å². The molecular weight excluding hydrogens is 240 g/mol.